The van der Waals surface area contributed by atoms with Crippen molar-refractivity contribution in [2.75, 3.05) is 78.5 Å². The molecule has 0 spiro atoms. The van der Waals surface area contributed by atoms with Crippen LogP contribution in [0.4, 0.5) is 0 Å². The highest BCUT2D eigenvalue weighted by atomic mass is 16.7. The van der Waals surface area contributed by atoms with Gasteiger partial charge in [0.05, 0.1) is 6.54 Å². The van der Waals surface area contributed by atoms with E-state index in [2.05, 4.69) is 40.4 Å². The van der Waals surface area contributed by atoms with Gasteiger partial charge in [-0.25, -0.2) is 4.79 Å². The zero-order valence-electron chi connectivity index (χ0n) is 25.4. The second-order valence-electron chi connectivity index (χ2n) is 13.5. The fourth-order valence-electron chi connectivity index (χ4n) is 5.42. The van der Waals surface area contributed by atoms with Crippen molar-refractivity contribution in [3.63, 3.8) is 0 Å². The molecule has 2 aliphatic heterocycles. The van der Waals surface area contributed by atoms with E-state index in [0.717, 1.165) is 76.7 Å². The predicted molar refractivity (Wildman–Crippen MR) is 153 cm³/mol. The van der Waals surface area contributed by atoms with Crippen LogP contribution in [0.3, 0.4) is 0 Å². The van der Waals surface area contributed by atoms with Gasteiger partial charge in [0.15, 0.2) is 0 Å². The number of fused-ring (bicyclic) bond motifs is 4. The summed E-state index contributed by atoms with van der Waals surface area (Å²) in [4.78, 5) is 40.1. The van der Waals surface area contributed by atoms with Crippen LogP contribution in [0.15, 0.2) is 12.1 Å². The van der Waals surface area contributed by atoms with E-state index in [1.54, 1.807) is 0 Å². The molecule has 1 aromatic heterocycles. The van der Waals surface area contributed by atoms with Gasteiger partial charge in [-0.1, -0.05) is 20.8 Å². The van der Waals surface area contributed by atoms with Crippen molar-refractivity contribution >= 4 is 11.9 Å². The lowest BCUT2D eigenvalue weighted by atomic mass is 9.95. The number of carbonyl (C=O) groups excluding carboxylic acids is 2. The smallest absolute Gasteiger partial charge is 0.333 e. The first-order valence-corrected chi connectivity index (χ1v) is 14.6. The summed E-state index contributed by atoms with van der Waals surface area (Å²) in [5, 5.41) is 19.6. The predicted octanol–water partition coefficient (Wildman–Crippen LogP) is 1.87. The Hall–Kier alpha value is -2.34. The van der Waals surface area contributed by atoms with Crippen LogP contribution in [0.2, 0.25) is 0 Å². The Bertz CT molecular complexity index is 928. The highest BCUT2D eigenvalue weighted by molar-refractivity contribution is 5.72. The molecule has 0 aromatic carbocycles. The van der Waals surface area contributed by atoms with Gasteiger partial charge in [-0.2, -0.15) is 0 Å². The van der Waals surface area contributed by atoms with Crippen molar-refractivity contribution in [2.45, 2.75) is 60.0 Å². The van der Waals surface area contributed by atoms with Crippen molar-refractivity contribution in [1.29, 1.82) is 0 Å². The van der Waals surface area contributed by atoms with Crippen LogP contribution in [0.1, 0.15) is 54.4 Å². The summed E-state index contributed by atoms with van der Waals surface area (Å²) >= 11 is 0. The highest BCUT2D eigenvalue weighted by Gasteiger charge is 2.27. The molecule has 0 amide bonds. The van der Waals surface area contributed by atoms with E-state index in [1.807, 2.05) is 20.8 Å². The maximum absolute atomic E-state index is 12.6. The number of esters is 1. The quantitative estimate of drug-likeness (QED) is 0.476. The van der Waals surface area contributed by atoms with Gasteiger partial charge in [0, 0.05) is 90.5 Å². The minimum Gasteiger partial charge on any atom is -0.492 e. The van der Waals surface area contributed by atoms with Crippen LogP contribution in [-0.2, 0) is 14.3 Å². The molecule has 3 heterocycles. The zero-order valence-corrected chi connectivity index (χ0v) is 25.4. The van der Waals surface area contributed by atoms with Gasteiger partial charge < -0.3 is 34.5 Å². The van der Waals surface area contributed by atoms with Gasteiger partial charge in [-0.3, -0.25) is 9.69 Å². The molecule has 1 aromatic rings. The third kappa shape index (κ3) is 11.3. The number of hydrogen-bond acceptors (Lipinski definition) is 10. The highest BCUT2D eigenvalue weighted by Crippen LogP contribution is 2.21. The number of ether oxygens (including phenoxy) is 1. The molecule has 2 bridgehead atoms. The number of hydrogen-bond donors (Lipinski definition) is 2. The van der Waals surface area contributed by atoms with E-state index in [-0.39, 0.29) is 42.0 Å². The number of aromatic nitrogens is 1. The molecule has 11 nitrogen and oxygen atoms in total. The molecule has 3 rings (SSSR count). The van der Waals surface area contributed by atoms with E-state index in [4.69, 9.17) is 9.57 Å². The van der Waals surface area contributed by atoms with Crippen LogP contribution in [0.5, 0.6) is 11.8 Å². The van der Waals surface area contributed by atoms with Gasteiger partial charge in [0.25, 0.3) is 0 Å². The maximum atomic E-state index is 12.6. The Morgan fingerprint density at radius 3 is 1.77 bits per heavy atom. The molecule has 2 aliphatic rings. The van der Waals surface area contributed by atoms with Crippen molar-refractivity contribution in [2.24, 2.45) is 11.3 Å². The molecular weight excluding hydrogens is 514 g/mol. The number of aromatic hydroxyl groups is 2. The summed E-state index contributed by atoms with van der Waals surface area (Å²) < 4.78 is 6.35. The summed E-state index contributed by atoms with van der Waals surface area (Å²) in [5.74, 6) is -1.07. The Morgan fingerprint density at radius 1 is 0.800 bits per heavy atom. The standard InChI is InChI=1S/C29H51N5O6/c1-28(2,3)22-33-17-15-30-11-13-32(21-27(38)39-29(4,5)6)14-12-31(16-18-33)20-23(19-30)7-10-26(37)40-34-24(35)8-9-25(34)36/h8-9,23,35-36H,7,10-22H2,1-6H3. The lowest BCUT2D eigenvalue weighted by Gasteiger charge is -2.40. The Kier molecular flexibility index (Phi) is 11.3. The van der Waals surface area contributed by atoms with E-state index in [9.17, 15) is 19.8 Å². The summed E-state index contributed by atoms with van der Waals surface area (Å²) in [6, 6.07) is 2.54. The summed E-state index contributed by atoms with van der Waals surface area (Å²) in [6.07, 6.45) is 0.826. The molecule has 2 fully saturated rings. The second-order valence-corrected chi connectivity index (χ2v) is 13.5. The van der Waals surface area contributed by atoms with E-state index in [1.165, 1.54) is 12.1 Å². The average molecular weight is 566 g/mol. The lowest BCUT2D eigenvalue weighted by Crippen LogP contribution is -2.52. The number of rotatable bonds is 7. The van der Waals surface area contributed by atoms with Gasteiger partial charge in [-0.15, -0.1) is 4.73 Å². The van der Waals surface area contributed by atoms with Gasteiger partial charge in [0.2, 0.25) is 11.8 Å². The largest absolute Gasteiger partial charge is 0.492 e. The van der Waals surface area contributed by atoms with Crippen molar-refractivity contribution in [1.82, 2.24) is 24.3 Å². The molecule has 0 aliphatic carbocycles. The van der Waals surface area contributed by atoms with Crippen LogP contribution in [0.25, 0.3) is 0 Å². The van der Waals surface area contributed by atoms with Crippen molar-refractivity contribution < 1.29 is 29.4 Å². The summed E-state index contributed by atoms with van der Waals surface area (Å²) in [6.45, 7) is 22.5. The summed E-state index contributed by atoms with van der Waals surface area (Å²) in [7, 11) is 0. The number of carbonyl (C=O) groups is 2. The SMILES string of the molecule is CC(C)(C)CN1CCN2CCN(CC(=O)OC(C)(C)C)CCN(CC1)CC(CCC(=O)On1c(O)ccc1O)C2. The first-order chi connectivity index (χ1) is 18.7. The molecule has 2 unspecified atom stereocenters. The van der Waals surface area contributed by atoms with Gasteiger partial charge in [0.1, 0.15) is 5.60 Å². The molecule has 0 saturated carbocycles. The molecule has 0 radical (unpaired) electrons. The van der Waals surface area contributed by atoms with Crippen LogP contribution in [-0.4, -0.2) is 131 Å². The van der Waals surface area contributed by atoms with Gasteiger partial charge >= 0.3 is 11.9 Å². The topological polar surface area (TPSA) is 111 Å². The summed E-state index contributed by atoms with van der Waals surface area (Å²) in [5.41, 5.74) is -0.288. The van der Waals surface area contributed by atoms with Crippen LogP contribution < -0.4 is 4.84 Å². The Labute approximate surface area is 239 Å². The molecule has 2 saturated heterocycles. The molecular formula is C29H51N5O6. The minimum absolute atomic E-state index is 0.185. The lowest BCUT2D eigenvalue weighted by molar-refractivity contribution is -0.156. The van der Waals surface area contributed by atoms with Crippen molar-refractivity contribution in [3.8, 4) is 11.8 Å². The molecule has 228 valence electrons. The van der Waals surface area contributed by atoms with Crippen LogP contribution in [0, 0.1) is 11.3 Å². The fraction of sp³-hybridized carbons (Fsp3) is 0.793. The monoisotopic (exact) mass is 565 g/mol. The first-order valence-electron chi connectivity index (χ1n) is 14.6. The van der Waals surface area contributed by atoms with Gasteiger partial charge in [-0.05, 0) is 38.5 Å². The molecule has 40 heavy (non-hydrogen) atoms. The van der Waals surface area contributed by atoms with E-state index in [0.29, 0.717) is 6.42 Å². The van der Waals surface area contributed by atoms with Crippen LogP contribution >= 0.6 is 0 Å². The average Bonchev–Trinajstić information content (AvgIpc) is 3.14. The third-order valence-corrected chi connectivity index (χ3v) is 7.18. The normalized spacial score (nSPS) is 24.1. The zero-order chi connectivity index (χ0) is 29.5. The third-order valence-electron chi connectivity index (χ3n) is 7.18. The van der Waals surface area contributed by atoms with E-state index >= 15 is 0 Å². The molecule has 2 atom stereocenters. The van der Waals surface area contributed by atoms with Crippen molar-refractivity contribution in [3.05, 3.63) is 12.1 Å². The Morgan fingerprint density at radius 2 is 1.30 bits per heavy atom. The first kappa shape index (κ1) is 32.2. The fourth-order valence-corrected chi connectivity index (χ4v) is 5.42. The van der Waals surface area contributed by atoms with E-state index < -0.39 is 11.6 Å². The molecule has 2 N–H and O–H groups in total. The maximum Gasteiger partial charge on any atom is 0.333 e. The minimum atomic E-state index is -0.503. The molecule has 11 heteroatoms. The second kappa shape index (κ2) is 14.0. The number of nitrogens with zero attached hydrogens (tertiary/aromatic N) is 5. The Balaban J connectivity index is 1.69.